The molecule has 1 N–H and O–H groups in total. The van der Waals surface area contributed by atoms with Crippen LogP contribution in [0, 0.1) is 0 Å². The van der Waals surface area contributed by atoms with E-state index in [1.165, 1.54) is 6.92 Å². The molecule has 1 rings (SSSR count). The zero-order valence-electron chi connectivity index (χ0n) is 9.57. The first-order valence-electron chi connectivity index (χ1n) is 5.29. The van der Waals surface area contributed by atoms with Crippen molar-refractivity contribution in [1.82, 2.24) is 5.32 Å². The molecule has 0 aliphatic heterocycles. The second kappa shape index (κ2) is 6.86. The van der Waals surface area contributed by atoms with Crippen LogP contribution in [0.2, 0.25) is 5.02 Å². The van der Waals surface area contributed by atoms with Gasteiger partial charge < -0.3 is 5.32 Å². The standard InChI is InChI=1S/C13H14ClNO2/c1-10(17)15-7-3-2-4-12-6-5-11(9-16)8-13(12)14/h2,4-6,8-9H,3,7H2,1H3,(H,15,17). The minimum Gasteiger partial charge on any atom is -0.356 e. The quantitative estimate of drug-likeness (QED) is 0.646. The summed E-state index contributed by atoms with van der Waals surface area (Å²) < 4.78 is 0. The first-order chi connectivity index (χ1) is 8.13. The van der Waals surface area contributed by atoms with Crippen LogP contribution in [0.4, 0.5) is 0 Å². The average Bonchev–Trinajstić information content (AvgIpc) is 2.30. The molecule has 0 bridgehead atoms. The summed E-state index contributed by atoms with van der Waals surface area (Å²) >= 11 is 5.99. The van der Waals surface area contributed by atoms with Crippen LogP contribution in [0.25, 0.3) is 6.08 Å². The van der Waals surface area contributed by atoms with E-state index in [9.17, 15) is 9.59 Å². The van der Waals surface area contributed by atoms with E-state index in [0.717, 1.165) is 18.3 Å². The SMILES string of the molecule is CC(=O)NCCC=Cc1ccc(C=O)cc1Cl. The van der Waals surface area contributed by atoms with Crippen LogP contribution < -0.4 is 5.32 Å². The molecule has 1 aromatic carbocycles. The summed E-state index contributed by atoms with van der Waals surface area (Å²) in [5.74, 6) is -0.0354. The lowest BCUT2D eigenvalue weighted by molar-refractivity contribution is -0.118. The lowest BCUT2D eigenvalue weighted by atomic mass is 10.1. The predicted molar refractivity (Wildman–Crippen MR) is 69.2 cm³/mol. The van der Waals surface area contributed by atoms with Gasteiger partial charge in [-0.1, -0.05) is 35.9 Å². The first kappa shape index (κ1) is 13.5. The van der Waals surface area contributed by atoms with Crippen LogP contribution in [0.15, 0.2) is 24.3 Å². The Kier molecular flexibility index (Phi) is 5.43. The van der Waals surface area contributed by atoms with Crippen LogP contribution in [0.5, 0.6) is 0 Å². The summed E-state index contributed by atoms with van der Waals surface area (Å²) in [7, 11) is 0. The molecular formula is C13H14ClNO2. The van der Waals surface area contributed by atoms with Gasteiger partial charge in [-0.2, -0.15) is 0 Å². The summed E-state index contributed by atoms with van der Waals surface area (Å²) in [6, 6.07) is 5.13. The maximum Gasteiger partial charge on any atom is 0.216 e. The van der Waals surface area contributed by atoms with E-state index < -0.39 is 0 Å². The first-order valence-corrected chi connectivity index (χ1v) is 5.67. The van der Waals surface area contributed by atoms with Gasteiger partial charge in [0.1, 0.15) is 6.29 Å². The van der Waals surface area contributed by atoms with Crippen LogP contribution in [-0.4, -0.2) is 18.7 Å². The summed E-state index contributed by atoms with van der Waals surface area (Å²) in [5.41, 5.74) is 1.42. The number of carbonyl (C=O) groups excluding carboxylic acids is 2. The lowest BCUT2D eigenvalue weighted by Crippen LogP contribution is -2.20. The van der Waals surface area contributed by atoms with Crippen molar-refractivity contribution in [3.63, 3.8) is 0 Å². The van der Waals surface area contributed by atoms with Crippen molar-refractivity contribution in [3.05, 3.63) is 40.4 Å². The predicted octanol–water partition coefficient (Wildman–Crippen LogP) is 2.69. The van der Waals surface area contributed by atoms with Gasteiger partial charge in [-0.3, -0.25) is 9.59 Å². The Hall–Kier alpha value is -1.61. The topological polar surface area (TPSA) is 46.2 Å². The number of hydrogen-bond acceptors (Lipinski definition) is 2. The van der Waals surface area contributed by atoms with E-state index >= 15 is 0 Å². The molecule has 3 nitrogen and oxygen atoms in total. The third-order valence-corrected chi connectivity index (χ3v) is 2.47. The third-order valence-electron chi connectivity index (χ3n) is 2.14. The Balaban J connectivity index is 2.53. The molecule has 90 valence electrons. The fourth-order valence-corrected chi connectivity index (χ4v) is 1.55. The molecular weight excluding hydrogens is 238 g/mol. The smallest absolute Gasteiger partial charge is 0.216 e. The summed E-state index contributed by atoms with van der Waals surface area (Å²) in [6.07, 6.45) is 5.30. The fourth-order valence-electron chi connectivity index (χ4n) is 1.29. The summed E-state index contributed by atoms with van der Waals surface area (Å²) in [4.78, 5) is 21.1. The molecule has 0 atom stereocenters. The molecule has 0 saturated heterocycles. The van der Waals surface area contributed by atoms with Gasteiger partial charge in [-0.05, 0) is 18.1 Å². The number of aldehydes is 1. The van der Waals surface area contributed by atoms with Crippen molar-refractivity contribution in [1.29, 1.82) is 0 Å². The highest BCUT2D eigenvalue weighted by molar-refractivity contribution is 6.32. The maximum absolute atomic E-state index is 10.6. The van der Waals surface area contributed by atoms with Gasteiger partial charge in [0, 0.05) is 24.1 Å². The molecule has 0 fully saturated rings. The largest absolute Gasteiger partial charge is 0.356 e. The minimum atomic E-state index is -0.0354. The van der Waals surface area contributed by atoms with Gasteiger partial charge in [0.05, 0.1) is 0 Å². The Morgan fingerprint density at radius 1 is 1.47 bits per heavy atom. The molecule has 0 spiro atoms. The Morgan fingerprint density at radius 3 is 2.82 bits per heavy atom. The van der Waals surface area contributed by atoms with Crippen LogP contribution >= 0.6 is 11.6 Å². The van der Waals surface area contributed by atoms with Gasteiger partial charge in [-0.25, -0.2) is 0 Å². The molecule has 17 heavy (non-hydrogen) atoms. The highest BCUT2D eigenvalue weighted by Crippen LogP contribution is 2.18. The third kappa shape index (κ3) is 4.83. The molecule has 0 aliphatic rings. The summed E-state index contributed by atoms with van der Waals surface area (Å²) in [6.45, 7) is 2.09. The Labute approximate surface area is 105 Å². The Bertz CT molecular complexity index is 441. The zero-order chi connectivity index (χ0) is 12.7. The van der Waals surface area contributed by atoms with Crippen molar-refractivity contribution in [2.24, 2.45) is 0 Å². The van der Waals surface area contributed by atoms with Crippen LogP contribution in [0.3, 0.4) is 0 Å². The van der Waals surface area contributed by atoms with Crippen LogP contribution in [0.1, 0.15) is 29.3 Å². The maximum atomic E-state index is 10.6. The fraction of sp³-hybridized carbons (Fsp3) is 0.231. The number of benzene rings is 1. The van der Waals surface area contributed by atoms with Crippen molar-refractivity contribution < 1.29 is 9.59 Å². The van der Waals surface area contributed by atoms with Crippen molar-refractivity contribution >= 4 is 29.9 Å². The molecule has 0 unspecified atom stereocenters. The van der Waals surface area contributed by atoms with E-state index in [4.69, 9.17) is 11.6 Å². The number of nitrogens with one attached hydrogen (secondary N) is 1. The number of rotatable bonds is 5. The van der Waals surface area contributed by atoms with Crippen LogP contribution in [-0.2, 0) is 4.79 Å². The molecule has 4 heteroatoms. The molecule has 1 aromatic rings. The highest BCUT2D eigenvalue weighted by Gasteiger charge is 1.97. The van der Waals surface area contributed by atoms with Crippen molar-refractivity contribution in [2.45, 2.75) is 13.3 Å². The highest BCUT2D eigenvalue weighted by atomic mass is 35.5. The number of hydrogen-bond donors (Lipinski definition) is 1. The second-order valence-electron chi connectivity index (χ2n) is 3.57. The molecule has 0 aromatic heterocycles. The van der Waals surface area contributed by atoms with E-state index in [2.05, 4.69) is 5.32 Å². The molecule has 0 heterocycles. The second-order valence-corrected chi connectivity index (χ2v) is 3.98. The van der Waals surface area contributed by atoms with Crippen molar-refractivity contribution in [2.75, 3.05) is 6.54 Å². The van der Waals surface area contributed by atoms with E-state index in [1.54, 1.807) is 18.2 Å². The zero-order valence-corrected chi connectivity index (χ0v) is 10.3. The lowest BCUT2D eigenvalue weighted by Gasteiger charge is -2.00. The van der Waals surface area contributed by atoms with Crippen molar-refractivity contribution in [3.8, 4) is 0 Å². The molecule has 0 saturated carbocycles. The van der Waals surface area contributed by atoms with Gasteiger partial charge in [0.25, 0.3) is 0 Å². The molecule has 1 amide bonds. The average molecular weight is 252 g/mol. The Morgan fingerprint density at radius 2 is 2.24 bits per heavy atom. The number of halogens is 1. The summed E-state index contributed by atoms with van der Waals surface area (Å²) in [5, 5.41) is 3.24. The van der Waals surface area contributed by atoms with E-state index in [1.807, 2.05) is 12.2 Å². The van der Waals surface area contributed by atoms with E-state index in [0.29, 0.717) is 17.1 Å². The molecule has 0 radical (unpaired) electrons. The number of amides is 1. The normalized spacial score (nSPS) is 10.5. The van der Waals surface area contributed by atoms with Gasteiger partial charge in [0.15, 0.2) is 0 Å². The van der Waals surface area contributed by atoms with Gasteiger partial charge in [-0.15, -0.1) is 0 Å². The monoisotopic (exact) mass is 251 g/mol. The number of carbonyl (C=O) groups is 2. The molecule has 0 aliphatic carbocycles. The van der Waals surface area contributed by atoms with Gasteiger partial charge in [0.2, 0.25) is 5.91 Å². The minimum absolute atomic E-state index is 0.0354. The van der Waals surface area contributed by atoms with E-state index in [-0.39, 0.29) is 5.91 Å². The van der Waals surface area contributed by atoms with Gasteiger partial charge >= 0.3 is 0 Å².